The lowest BCUT2D eigenvalue weighted by atomic mass is 10.1. The van der Waals surface area contributed by atoms with E-state index < -0.39 is 0 Å². The molecular formula is C23H20N4O3S. The summed E-state index contributed by atoms with van der Waals surface area (Å²) in [4.78, 5) is 30.8. The van der Waals surface area contributed by atoms with Crippen molar-refractivity contribution in [3.05, 3.63) is 77.2 Å². The minimum Gasteiger partial charge on any atom is -0.351 e. The molecule has 4 rings (SSSR count). The number of hydrogen-bond acceptors (Lipinski definition) is 6. The van der Waals surface area contributed by atoms with Crippen LogP contribution in [0.25, 0.3) is 0 Å². The number of hydrogen-bond donors (Lipinski definition) is 0. The van der Waals surface area contributed by atoms with Gasteiger partial charge in [0, 0.05) is 42.0 Å². The first-order valence-corrected chi connectivity index (χ1v) is 10.7. The number of piperazine rings is 1. The normalized spacial score (nSPS) is 13.7. The number of aryl methyl sites for hydroxylation is 1. The molecule has 0 unspecified atom stereocenters. The van der Waals surface area contributed by atoms with Crippen molar-refractivity contribution in [1.29, 1.82) is 5.26 Å². The number of nitrogens with zero attached hydrogens (tertiary/aromatic N) is 4. The van der Waals surface area contributed by atoms with Crippen molar-refractivity contribution in [3.63, 3.8) is 0 Å². The van der Waals surface area contributed by atoms with Crippen LogP contribution in [0.3, 0.4) is 0 Å². The Morgan fingerprint density at radius 1 is 0.968 bits per heavy atom. The summed E-state index contributed by atoms with van der Waals surface area (Å²) in [7, 11) is 0. The van der Waals surface area contributed by atoms with Crippen molar-refractivity contribution in [1.82, 2.24) is 15.0 Å². The third kappa shape index (κ3) is 4.47. The van der Waals surface area contributed by atoms with E-state index in [2.05, 4.69) is 11.2 Å². The summed E-state index contributed by atoms with van der Waals surface area (Å²) in [5.74, 6) is -0.0768. The Bertz CT molecular complexity index is 1160. The second kappa shape index (κ2) is 9.06. The van der Waals surface area contributed by atoms with Gasteiger partial charge in [0.25, 0.3) is 11.8 Å². The standard InChI is InChI=1S/C23H20N4O3S/c1-16-14-19(30-25-16)23(29)27-12-10-26(11-13-27)22(28)18-7-3-5-9-21(18)31-20-8-4-2-6-17(20)15-24/h2-9,14H,10-13H2,1H3. The number of rotatable bonds is 4. The predicted octanol–water partition coefficient (Wildman–Crippen LogP) is 3.60. The number of nitriles is 1. The minimum absolute atomic E-state index is 0.0832. The van der Waals surface area contributed by atoms with Crippen LogP contribution < -0.4 is 0 Å². The van der Waals surface area contributed by atoms with Crippen LogP contribution in [0.4, 0.5) is 0 Å². The average molecular weight is 433 g/mol. The molecule has 0 radical (unpaired) electrons. The maximum absolute atomic E-state index is 13.2. The topological polar surface area (TPSA) is 90.4 Å². The molecule has 0 aliphatic carbocycles. The van der Waals surface area contributed by atoms with Crippen molar-refractivity contribution in [2.45, 2.75) is 16.7 Å². The average Bonchev–Trinajstić information content (AvgIpc) is 3.25. The summed E-state index contributed by atoms with van der Waals surface area (Å²) in [6, 6.07) is 18.5. The first-order valence-electron chi connectivity index (χ1n) is 9.84. The quantitative estimate of drug-likeness (QED) is 0.626. The largest absolute Gasteiger partial charge is 0.351 e. The molecule has 1 aromatic heterocycles. The zero-order valence-electron chi connectivity index (χ0n) is 16.9. The van der Waals surface area contributed by atoms with E-state index in [-0.39, 0.29) is 17.6 Å². The number of carbonyl (C=O) groups is 2. The molecule has 0 spiro atoms. The number of carbonyl (C=O) groups excluding carboxylic acids is 2. The van der Waals surface area contributed by atoms with E-state index in [1.807, 2.05) is 36.4 Å². The molecule has 1 fully saturated rings. The smallest absolute Gasteiger partial charge is 0.292 e. The van der Waals surface area contributed by atoms with Crippen LogP contribution in [-0.4, -0.2) is 52.9 Å². The van der Waals surface area contributed by atoms with Crippen LogP contribution in [0.2, 0.25) is 0 Å². The zero-order valence-corrected chi connectivity index (χ0v) is 17.8. The van der Waals surface area contributed by atoms with Gasteiger partial charge in [0.1, 0.15) is 6.07 Å². The molecule has 156 valence electrons. The summed E-state index contributed by atoms with van der Waals surface area (Å²) in [5, 5.41) is 13.1. The Hall–Kier alpha value is -3.57. The Morgan fingerprint density at radius 2 is 1.58 bits per heavy atom. The van der Waals surface area contributed by atoms with E-state index >= 15 is 0 Å². The van der Waals surface area contributed by atoms with Crippen LogP contribution in [0, 0.1) is 18.3 Å². The van der Waals surface area contributed by atoms with E-state index in [0.717, 1.165) is 9.79 Å². The molecule has 31 heavy (non-hydrogen) atoms. The van der Waals surface area contributed by atoms with Gasteiger partial charge in [0.15, 0.2) is 0 Å². The molecule has 1 aliphatic rings. The number of amides is 2. The van der Waals surface area contributed by atoms with Crippen molar-refractivity contribution in [2.75, 3.05) is 26.2 Å². The zero-order chi connectivity index (χ0) is 21.8. The fourth-order valence-corrected chi connectivity index (χ4v) is 4.42. The van der Waals surface area contributed by atoms with Crippen molar-refractivity contribution in [2.24, 2.45) is 0 Å². The maximum Gasteiger partial charge on any atom is 0.292 e. The minimum atomic E-state index is -0.211. The van der Waals surface area contributed by atoms with E-state index in [1.165, 1.54) is 11.8 Å². The maximum atomic E-state index is 13.2. The molecule has 1 saturated heterocycles. The Balaban J connectivity index is 1.46. The highest BCUT2D eigenvalue weighted by Gasteiger charge is 2.28. The summed E-state index contributed by atoms with van der Waals surface area (Å²) < 4.78 is 5.07. The fourth-order valence-electron chi connectivity index (χ4n) is 3.40. The second-order valence-electron chi connectivity index (χ2n) is 7.12. The summed E-state index contributed by atoms with van der Waals surface area (Å²) >= 11 is 1.41. The van der Waals surface area contributed by atoms with E-state index in [0.29, 0.717) is 43.0 Å². The first kappa shape index (κ1) is 20.7. The predicted molar refractivity (Wildman–Crippen MR) is 115 cm³/mol. The highest BCUT2D eigenvalue weighted by molar-refractivity contribution is 7.99. The van der Waals surface area contributed by atoms with Crippen LogP contribution in [0.15, 0.2) is 68.9 Å². The van der Waals surface area contributed by atoms with Gasteiger partial charge in [0.2, 0.25) is 5.76 Å². The fraction of sp³-hybridized carbons (Fsp3) is 0.217. The molecular weight excluding hydrogens is 412 g/mol. The molecule has 0 saturated carbocycles. The molecule has 2 heterocycles. The molecule has 8 heteroatoms. The SMILES string of the molecule is Cc1cc(C(=O)N2CCN(C(=O)c3ccccc3Sc3ccccc3C#N)CC2)on1. The van der Waals surface area contributed by atoms with Gasteiger partial charge in [-0.2, -0.15) is 5.26 Å². The van der Waals surface area contributed by atoms with E-state index in [4.69, 9.17) is 4.52 Å². The second-order valence-corrected chi connectivity index (χ2v) is 8.21. The van der Waals surface area contributed by atoms with Crippen LogP contribution in [0.5, 0.6) is 0 Å². The molecule has 0 bridgehead atoms. The molecule has 7 nitrogen and oxygen atoms in total. The number of benzene rings is 2. The van der Waals surface area contributed by atoms with Gasteiger partial charge in [-0.1, -0.05) is 41.2 Å². The molecule has 1 aliphatic heterocycles. The van der Waals surface area contributed by atoms with Gasteiger partial charge >= 0.3 is 0 Å². The molecule has 2 amide bonds. The Kier molecular flexibility index (Phi) is 6.05. The molecule has 3 aromatic rings. The lowest BCUT2D eigenvalue weighted by molar-refractivity contribution is 0.0511. The molecule has 0 N–H and O–H groups in total. The molecule has 2 aromatic carbocycles. The lowest BCUT2D eigenvalue weighted by Gasteiger charge is -2.34. The Morgan fingerprint density at radius 3 is 2.23 bits per heavy atom. The van der Waals surface area contributed by atoms with E-state index in [1.54, 1.807) is 34.9 Å². The van der Waals surface area contributed by atoms with Crippen molar-refractivity contribution < 1.29 is 14.1 Å². The van der Waals surface area contributed by atoms with Gasteiger partial charge in [0.05, 0.1) is 16.8 Å². The van der Waals surface area contributed by atoms with Crippen LogP contribution in [-0.2, 0) is 0 Å². The summed E-state index contributed by atoms with van der Waals surface area (Å²) in [6.07, 6.45) is 0. The lowest BCUT2D eigenvalue weighted by Crippen LogP contribution is -2.50. The monoisotopic (exact) mass is 432 g/mol. The third-order valence-corrected chi connectivity index (χ3v) is 6.19. The summed E-state index contributed by atoms with van der Waals surface area (Å²) in [5.41, 5.74) is 1.82. The Labute approximate surface area is 184 Å². The van der Waals surface area contributed by atoms with Gasteiger partial charge in [-0.05, 0) is 31.2 Å². The summed E-state index contributed by atoms with van der Waals surface area (Å²) in [6.45, 7) is 3.49. The first-order chi connectivity index (χ1) is 15.1. The van der Waals surface area contributed by atoms with Crippen molar-refractivity contribution >= 4 is 23.6 Å². The van der Waals surface area contributed by atoms with Gasteiger partial charge < -0.3 is 14.3 Å². The van der Waals surface area contributed by atoms with Crippen LogP contribution in [0.1, 0.15) is 32.2 Å². The molecule has 0 atom stereocenters. The number of aromatic nitrogens is 1. The highest BCUT2D eigenvalue weighted by atomic mass is 32.2. The third-order valence-electron chi connectivity index (χ3n) is 5.04. The van der Waals surface area contributed by atoms with Crippen molar-refractivity contribution in [3.8, 4) is 6.07 Å². The van der Waals surface area contributed by atoms with Crippen LogP contribution >= 0.6 is 11.8 Å². The van der Waals surface area contributed by atoms with Gasteiger partial charge in [-0.15, -0.1) is 0 Å². The van der Waals surface area contributed by atoms with Gasteiger partial charge in [-0.25, -0.2) is 0 Å². The van der Waals surface area contributed by atoms with E-state index in [9.17, 15) is 14.9 Å². The van der Waals surface area contributed by atoms with Gasteiger partial charge in [-0.3, -0.25) is 9.59 Å². The highest BCUT2D eigenvalue weighted by Crippen LogP contribution is 2.33.